The van der Waals surface area contributed by atoms with Gasteiger partial charge in [-0.15, -0.1) is 0 Å². The smallest absolute Gasteiger partial charge is 0.360 e. The maximum absolute atomic E-state index is 12.5. The molecule has 0 saturated heterocycles. The molecular weight excluding hydrogens is 340 g/mol. The van der Waals surface area contributed by atoms with Crippen LogP contribution in [0, 0.1) is 6.92 Å². The fourth-order valence-corrected chi connectivity index (χ4v) is 2.37. The van der Waals surface area contributed by atoms with Crippen LogP contribution in [0.2, 0.25) is 0 Å². The monoisotopic (exact) mass is 356 g/mol. The number of fused-ring (bicyclic) bond motifs is 1. The zero-order chi connectivity index (χ0) is 18.8. The molecule has 0 bridgehead atoms. The minimum Gasteiger partial charge on any atom is -0.448 e. The van der Waals surface area contributed by atoms with E-state index in [0.717, 1.165) is 4.68 Å². The maximum atomic E-state index is 12.5. The summed E-state index contributed by atoms with van der Waals surface area (Å²) < 4.78 is 11.1. The lowest BCUT2D eigenvalue weighted by molar-refractivity contribution is -0.123. The number of amides is 1. The third kappa shape index (κ3) is 3.32. The summed E-state index contributed by atoms with van der Waals surface area (Å²) in [6.45, 7) is 3.10. The van der Waals surface area contributed by atoms with Crippen LogP contribution in [0.5, 0.6) is 0 Å². The summed E-state index contributed by atoms with van der Waals surface area (Å²) in [4.78, 5) is 36.7. The number of benzene rings is 1. The number of anilines is 1. The molecule has 3 rings (SSSR count). The van der Waals surface area contributed by atoms with Crippen molar-refractivity contribution >= 4 is 28.5 Å². The molecule has 1 atom stereocenters. The number of nitrogens with zero attached hydrogens (tertiary/aromatic N) is 3. The highest BCUT2D eigenvalue weighted by Gasteiger charge is 2.23. The van der Waals surface area contributed by atoms with Gasteiger partial charge in [0, 0.05) is 18.5 Å². The van der Waals surface area contributed by atoms with E-state index in [9.17, 15) is 14.4 Å². The molecule has 26 heavy (non-hydrogen) atoms. The third-order valence-electron chi connectivity index (χ3n) is 3.68. The average Bonchev–Trinajstić information content (AvgIpc) is 3.02. The van der Waals surface area contributed by atoms with Gasteiger partial charge in [-0.25, -0.2) is 9.48 Å². The lowest BCUT2D eigenvalue weighted by Crippen LogP contribution is -2.31. The van der Waals surface area contributed by atoms with Crippen LogP contribution >= 0.6 is 0 Å². The molecule has 3 aromatic rings. The lowest BCUT2D eigenvalue weighted by atomic mass is 10.1. The summed E-state index contributed by atoms with van der Waals surface area (Å²) in [6, 6.07) is 8.11. The van der Waals surface area contributed by atoms with E-state index in [1.165, 1.54) is 20.0 Å². The molecule has 9 nitrogen and oxygen atoms in total. The molecule has 0 saturated carbocycles. The van der Waals surface area contributed by atoms with Crippen LogP contribution in [0.4, 0.5) is 5.82 Å². The SMILES string of the molecule is Cc1cc(NC(=O)[C@@H](C)OC(=O)c2nn(C)c(=O)c3ccccc23)no1. The zero-order valence-electron chi connectivity index (χ0n) is 14.3. The second kappa shape index (κ2) is 6.79. The van der Waals surface area contributed by atoms with Gasteiger partial charge in [-0.2, -0.15) is 5.10 Å². The van der Waals surface area contributed by atoms with Crippen molar-refractivity contribution in [2.75, 3.05) is 5.32 Å². The van der Waals surface area contributed by atoms with Gasteiger partial charge in [0.1, 0.15) is 5.76 Å². The first kappa shape index (κ1) is 17.3. The van der Waals surface area contributed by atoms with Crippen molar-refractivity contribution in [3.05, 3.63) is 52.1 Å². The third-order valence-corrected chi connectivity index (χ3v) is 3.68. The normalized spacial score (nSPS) is 12.0. The van der Waals surface area contributed by atoms with Crippen LogP contribution in [-0.4, -0.2) is 32.9 Å². The predicted molar refractivity (Wildman–Crippen MR) is 91.7 cm³/mol. The molecule has 1 aromatic carbocycles. The predicted octanol–water partition coefficient (Wildman–Crippen LogP) is 1.41. The first-order chi connectivity index (χ1) is 12.4. The number of hydrogen-bond acceptors (Lipinski definition) is 7. The van der Waals surface area contributed by atoms with E-state index in [4.69, 9.17) is 9.26 Å². The second-order valence-electron chi connectivity index (χ2n) is 5.68. The number of hydrogen-bond donors (Lipinski definition) is 1. The quantitative estimate of drug-likeness (QED) is 0.703. The number of nitrogens with one attached hydrogen (secondary N) is 1. The number of aromatic nitrogens is 3. The van der Waals surface area contributed by atoms with E-state index >= 15 is 0 Å². The Labute approximate surface area is 147 Å². The van der Waals surface area contributed by atoms with Gasteiger partial charge < -0.3 is 14.6 Å². The van der Waals surface area contributed by atoms with Gasteiger partial charge in [-0.05, 0) is 19.9 Å². The van der Waals surface area contributed by atoms with Crippen molar-refractivity contribution in [2.24, 2.45) is 7.05 Å². The van der Waals surface area contributed by atoms with Crippen LogP contribution in [0.1, 0.15) is 23.2 Å². The fraction of sp³-hybridized carbons (Fsp3) is 0.235. The van der Waals surface area contributed by atoms with E-state index in [-0.39, 0.29) is 17.1 Å². The first-order valence-electron chi connectivity index (χ1n) is 7.78. The lowest BCUT2D eigenvalue weighted by Gasteiger charge is -2.13. The molecule has 0 unspecified atom stereocenters. The molecule has 2 heterocycles. The summed E-state index contributed by atoms with van der Waals surface area (Å²) in [5.41, 5.74) is -0.371. The number of rotatable bonds is 4. The molecule has 1 N–H and O–H groups in total. The van der Waals surface area contributed by atoms with E-state index in [1.807, 2.05) is 0 Å². The van der Waals surface area contributed by atoms with E-state index < -0.39 is 18.0 Å². The molecule has 0 fully saturated rings. The van der Waals surface area contributed by atoms with Crippen molar-refractivity contribution in [2.45, 2.75) is 20.0 Å². The van der Waals surface area contributed by atoms with Crippen LogP contribution in [0.25, 0.3) is 10.8 Å². The van der Waals surface area contributed by atoms with Gasteiger partial charge in [0.2, 0.25) is 0 Å². The minimum absolute atomic E-state index is 0.0420. The zero-order valence-corrected chi connectivity index (χ0v) is 14.3. The van der Waals surface area contributed by atoms with Crippen molar-refractivity contribution in [1.82, 2.24) is 14.9 Å². The number of esters is 1. The minimum atomic E-state index is -1.10. The molecule has 0 aliphatic heterocycles. The van der Waals surface area contributed by atoms with Gasteiger partial charge in [0.15, 0.2) is 17.6 Å². The maximum Gasteiger partial charge on any atom is 0.360 e. The largest absolute Gasteiger partial charge is 0.448 e. The van der Waals surface area contributed by atoms with E-state index in [1.54, 1.807) is 31.2 Å². The molecule has 0 aliphatic rings. The average molecular weight is 356 g/mol. The number of ether oxygens (including phenoxy) is 1. The highest BCUT2D eigenvalue weighted by atomic mass is 16.5. The standard InChI is InChI=1S/C17H16N4O5/c1-9-8-13(20-26-9)18-15(22)10(2)25-17(24)14-11-6-4-5-7-12(11)16(23)21(3)19-14/h4-8,10H,1-3H3,(H,18,20,22)/t10-/m1/s1. The van der Waals surface area contributed by atoms with Gasteiger partial charge in [0.25, 0.3) is 11.5 Å². The van der Waals surface area contributed by atoms with Crippen molar-refractivity contribution in [1.29, 1.82) is 0 Å². The number of carbonyl (C=O) groups excluding carboxylic acids is 2. The van der Waals surface area contributed by atoms with Crippen LogP contribution < -0.4 is 10.9 Å². The highest BCUT2D eigenvalue weighted by molar-refractivity contribution is 6.03. The highest BCUT2D eigenvalue weighted by Crippen LogP contribution is 2.15. The van der Waals surface area contributed by atoms with E-state index in [2.05, 4.69) is 15.6 Å². The Kier molecular flexibility index (Phi) is 4.53. The van der Waals surface area contributed by atoms with Crippen molar-refractivity contribution < 1.29 is 18.8 Å². The van der Waals surface area contributed by atoms with E-state index in [0.29, 0.717) is 16.5 Å². The van der Waals surface area contributed by atoms with Crippen LogP contribution in [-0.2, 0) is 16.6 Å². The van der Waals surface area contributed by atoms with Gasteiger partial charge in [-0.3, -0.25) is 9.59 Å². The van der Waals surface area contributed by atoms with Gasteiger partial charge in [-0.1, -0.05) is 23.4 Å². The summed E-state index contributed by atoms with van der Waals surface area (Å²) in [6.07, 6.45) is -1.10. The number of carbonyl (C=O) groups is 2. The number of aryl methyl sites for hydroxylation is 2. The fourth-order valence-electron chi connectivity index (χ4n) is 2.37. The molecule has 0 spiro atoms. The van der Waals surface area contributed by atoms with Gasteiger partial charge in [0.05, 0.1) is 5.39 Å². The Balaban J connectivity index is 1.81. The molecule has 9 heteroatoms. The molecule has 0 radical (unpaired) electrons. The molecule has 0 aliphatic carbocycles. The van der Waals surface area contributed by atoms with Crippen molar-refractivity contribution in [3.63, 3.8) is 0 Å². The molecule has 2 aromatic heterocycles. The second-order valence-corrected chi connectivity index (χ2v) is 5.68. The molecular formula is C17H16N4O5. The van der Waals surface area contributed by atoms with Crippen LogP contribution in [0.3, 0.4) is 0 Å². The Bertz CT molecular complexity index is 1050. The van der Waals surface area contributed by atoms with Crippen molar-refractivity contribution in [3.8, 4) is 0 Å². The topological polar surface area (TPSA) is 116 Å². The molecule has 134 valence electrons. The Hall–Kier alpha value is -3.49. The summed E-state index contributed by atoms with van der Waals surface area (Å²) >= 11 is 0. The van der Waals surface area contributed by atoms with Crippen LogP contribution in [0.15, 0.2) is 39.6 Å². The summed E-state index contributed by atoms with van der Waals surface area (Å²) in [5.74, 6) is -0.622. The Morgan fingerprint density at radius 1 is 1.27 bits per heavy atom. The Morgan fingerprint density at radius 2 is 1.96 bits per heavy atom. The Morgan fingerprint density at radius 3 is 2.62 bits per heavy atom. The summed E-state index contributed by atoms with van der Waals surface area (Å²) in [5, 5.41) is 10.8. The summed E-state index contributed by atoms with van der Waals surface area (Å²) in [7, 11) is 1.44. The van der Waals surface area contributed by atoms with Gasteiger partial charge >= 0.3 is 5.97 Å². The molecule has 1 amide bonds. The first-order valence-corrected chi connectivity index (χ1v) is 7.78.